The van der Waals surface area contributed by atoms with E-state index in [9.17, 15) is 14.2 Å². The molecular formula is C32H59O8P. The summed E-state index contributed by atoms with van der Waals surface area (Å²) in [6.45, 7) is 3.04. The molecule has 0 amide bonds. The molecule has 0 aromatic heterocycles. The Morgan fingerprint density at radius 3 is 1.63 bits per heavy atom. The highest BCUT2D eigenvalue weighted by molar-refractivity contribution is 7.46. The van der Waals surface area contributed by atoms with E-state index in [-0.39, 0.29) is 19.4 Å². The Bertz CT molecular complexity index is 731. The molecule has 0 rings (SSSR count). The molecule has 0 saturated heterocycles. The molecule has 9 heteroatoms. The zero-order valence-electron chi connectivity index (χ0n) is 25.9. The Labute approximate surface area is 249 Å². The monoisotopic (exact) mass is 602 g/mol. The Morgan fingerprint density at radius 1 is 0.659 bits per heavy atom. The first kappa shape index (κ1) is 39.5. The van der Waals surface area contributed by atoms with Crippen LogP contribution in [0.4, 0.5) is 0 Å². The van der Waals surface area contributed by atoms with Gasteiger partial charge in [-0.15, -0.1) is 0 Å². The quantitative estimate of drug-likeness (QED) is 0.0377. The molecule has 0 fully saturated rings. The molecule has 240 valence electrons. The molecule has 0 heterocycles. The number of esters is 2. The van der Waals surface area contributed by atoms with Gasteiger partial charge in [0.25, 0.3) is 0 Å². The van der Waals surface area contributed by atoms with Gasteiger partial charge in [-0.2, -0.15) is 0 Å². The summed E-state index contributed by atoms with van der Waals surface area (Å²) in [7, 11) is -4.71. The predicted octanol–water partition coefficient (Wildman–Crippen LogP) is 8.90. The van der Waals surface area contributed by atoms with Gasteiger partial charge in [0, 0.05) is 12.8 Å². The molecule has 0 radical (unpaired) electrons. The third-order valence-electron chi connectivity index (χ3n) is 6.78. The van der Waals surface area contributed by atoms with Crippen LogP contribution in [0.25, 0.3) is 0 Å². The summed E-state index contributed by atoms with van der Waals surface area (Å²) in [5.41, 5.74) is 0. The third-order valence-corrected chi connectivity index (χ3v) is 7.26. The molecule has 41 heavy (non-hydrogen) atoms. The molecule has 0 aliphatic carbocycles. The van der Waals surface area contributed by atoms with Crippen LogP contribution in [0, 0.1) is 0 Å². The highest BCUT2D eigenvalue weighted by Crippen LogP contribution is 2.35. The van der Waals surface area contributed by atoms with Gasteiger partial charge in [0.2, 0.25) is 0 Å². The van der Waals surface area contributed by atoms with E-state index >= 15 is 0 Å². The Kier molecular flexibility index (Phi) is 27.6. The summed E-state index contributed by atoms with van der Waals surface area (Å²) >= 11 is 0. The minimum absolute atomic E-state index is 0.148. The highest BCUT2D eigenvalue weighted by Gasteiger charge is 2.22. The molecule has 0 spiro atoms. The van der Waals surface area contributed by atoms with Crippen molar-refractivity contribution in [2.45, 2.75) is 155 Å². The number of hydrogen-bond acceptors (Lipinski definition) is 6. The van der Waals surface area contributed by atoms with E-state index in [1.54, 1.807) is 6.92 Å². The van der Waals surface area contributed by atoms with Crippen LogP contribution in [0.3, 0.4) is 0 Å². The van der Waals surface area contributed by atoms with Crippen molar-refractivity contribution in [3.63, 3.8) is 0 Å². The van der Waals surface area contributed by atoms with Gasteiger partial charge in [-0.05, 0) is 38.5 Å². The summed E-state index contributed by atoms with van der Waals surface area (Å²) in [5, 5.41) is 0. The Hall–Kier alpha value is -1.47. The van der Waals surface area contributed by atoms with Crippen molar-refractivity contribution in [1.29, 1.82) is 0 Å². The average Bonchev–Trinajstić information content (AvgIpc) is 2.94. The van der Waals surface area contributed by atoms with Crippen molar-refractivity contribution in [3.05, 3.63) is 24.3 Å². The number of rotatable bonds is 29. The van der Waals surface area contributed by atoms with Crippen LogP contribution in [0.2, 0.25) is 0 Å². The number of phosphoric ester groups is 1. The fourth-order valence-corrected chi connectivity index (χ4v) is 4.68. The largest absolute Gasteiger partial charge is 0.469 e. The van der Waals surface area contributed by atoms with E-state index in [0.717, 1.165) is 25.7 Å². The fourth-order valence-electron chi connectivity index (χ4n) is 4.32. The molecule has 8 nitrogen and oxygen atoms in total. The van der Waals surface area contributed by atoms with E-state index in [2.05, 4.69) is 35.8 Å². The van der Waals surface area contributed by atoms with Gasteiger partial charge in [0.05, 0.1) is 6.61 Å². The first-order chi connectivity index (χ1) is 19.8. The second-order valence-electron chi connectivity index (χ2n) is 10.7. The Morgan fingerprint density at radius 2 is 1.15 bits per heavy atom. The van der Waals surface area contributed by atoms with Gasteiger partial charge < -0.3 is 19.3 Å². The first-order valence-electron chi connectivity index (χ1n) is 16.1. The van der Waals surface area contributed by atoms with Crippen LogP contribution in [-0.4, -0.2) is 41.0 Å². The van der Waals surface area contributed by atoms with Gasteiger partial charge >= 0.3 is 19.8 Å². The standard InChI is InChI=1S/C32H59O8P/c1-3-5-6-7-8-9-10-11-12-13-14-15-16-17-18-19-20-21-22-23-24-25-26-27-32(34)40-30(28-38-31(33)4-2)29-39-41(35,36)37/h10-11,13-14,30H,3-9,12,15-29H2,1-2H3,(H2,35,36,37)/b11-10-,14-13-. The number of hydrogen-bond donors (Lipinski definition) is 2. The van der Waals surface area contributed by atoms with Crippen LogP contribution in [-0.2, 0) is 28.2 Å². The zero-order valence-corrected chi connectivity index (χ0v) is 26.8. The molecule has 0 aromatic rings. The summed E-state index contributed by atoms with van der Waals surface area (Å²) < 4.78 is 25.4. The van der Waals surface area contributed by atoms with Crippen LogP contribution >= 0.6 is 7.82 Å². The number of unbranched alkanes of at least 4 members (excludes halogenated alkanes) is 16. The lowest BCUT2D eigenvalue weighted by atomic mass is 10.0. The SMILES string of the molecule is CCCCCCC/C=C\C/C=C\CCCCCCCCCCCCCC(=O)OC(COC(=O)CC)COP(=O)(O)O. The number of carbonyl (C=O) groups excluding carboxylic acids is 2. The number of carbonyl (C=O) groups is 2. The van der Waals surface area contributed by atoms with Gasteiger partial charge in [0.1, 0.15) is 6.61 Å². The van der Waals surface area contributed by atoms with E-state index in [1.807, 2.05) is 0 Å². The van der Waals surface area contributed by atoms with E-state index in [0.29, 0.717) is 6.42 Å². The second kappa shape index (κ2) is 28.6. The predicted molar refractivity (Wildman–Crippen MR) is 165 cm³/mol. The summed E-state index contributed by atoms with van der Waals surface area (Å²) in [6, 6.07) is 0. The Balaban J connectivity index is 3.61. The first-order valence-corrected chi connectivity index (χ1v) is 17.7. The lowest BCUT2D eigenvalue weighted by molar-refractivity contribution is -0.161. The van der Waals surface area contributed by atoms with E-state index in [1.165, 1.54) is 89.9 Å². The highest BCUT2D eigenvalue weighted by atomic mass is 31.2. The molecule has 0 aliphatic rings. The van der Waals surface area contributed by atoms with Crippen molar-refractivity contribution in [3.8, 4) is 0 Å². The zero-order chi connectivity index (χ0) is 30.4. The van der Waals surface area contributed by atoms with Gasteiger partial charge in [-0.3, -0.25) is 14.1 Å². The van der Waals surface area contributed by atoms with Crippen molar-refractivity contribution in [1.82, 2.24) is 0 Å². The fraction of sp³-hybridized carbons (Fsp3) is 0.812. The lowest BCUT2D eigenvalue weighted by Gasteiger charge is -2.18. The topological polar surface area (TPSA) is 119 Å². The minimum Gasteiger partial charge on any atom is -0.462 e. The third kappa shape index (κ3) is 31.3. The van der Waals surface area contributed by atoms with Crippen molar-refractivity contribution in [2.24, 2.45) is 0 Å². The van der Waals surface area contributed by atoms with Gasteiger partial charge in [-0.1, -0.05) is 122 Å². The van der Waals surface area contributed by atoms with Gasteiger partial charge in [-0.25, -0.2) is 4.57 Å². The van der Waals surface area contributed by atoms with Crippen LogP contribution in [0.5, 0.6) is 0 Å². The number of phosphoric acid groups is 1. The summed E-state index contributed by atoms with van der Waals surface area (Å²) in [4.78, 5) is 41.1. The lowest BCUT2D eigenvalue weighted by Crippen LogP contribution is -2.29. The van der Waals surface area contributed by atoms with Crippen LogP contribution < -0.4 is 0 Å². The molecule has 0 aliphatic heterocycles. The molecule has 1 atom stereocenters. The van der Waals surface area contributed by atoms with E-state index in [4.69, 9.17) is 19.3 Å². The van der Waals surface area contributed by atoms with Crippen molar-refractivity contribution in [2.75, 3.05) is 13.2 Å². The second-order valence-corrected chi connectivity index (χ2v) is 12.0. The number of ether oxygens (including phenoxy) is 2. The maximum atomic E-state index is 12.1. The number of allylic oxidation sites excluding steroid dienone is 4. The van der Waals surface area contributed by atoms with Crippen molar-refractivity contribution < 1.29 is 37.9 Å². The van der Waals surface area contributed by atoms with E-state index < -0.39 is 32.5 Å². The van der Waals surface area contributed by atoms with Crippen LogP contribution in [0.1, 0.15) is 149 Å². The molecule has 2 N–H and O–H groups in total. The molecule has 0 aromatic carbocycles. The molecule has 0 bridgehead atoms. The summed E-state index contributed by atoms with van der Waals surface area (Å²) in [6.07, 6.45) is 31.6. The minimum atomic E-state index is -4.71. The molecule has 1 unspecified atom stereocenters. The molecular weight excluding hydrogens is 543 g/mol. The summed E-state index contributed by atoms with van der Waals surface area (Å²) in [5.74, 6) is -0.986. The van der Waals surface area contributed by atoms with Crippen LogP contribution in [0.15, 0.2) is 24.3 Å². The normalized spacial score (nSPS) is 12.8. The smallest absolute Gasteiger partial charge is 0.462 e. The van der Waals surface area contributed by atoms with Crippen molar-refractivity contribution >= 4 is 19.8 Å². The van der Waals surface area contributed by atoms with Gasteiger partial charge in [0.15, 0.2) is 6.10 Å². The maximum absolute atomic E-state index is 12.1. The maximum Gasteiger partial charge on any atom is 0.469 e. The molecule has 0 saturated carbocycles. The average molecular weight is 603 g/mol.